The molecule has 2 heteroatoms. The molecule has 0 saturated heterocycles. The summed E-state index contributed by atoms with van der Waals surface area (Å²) in [5, 5.41) is 0. The zero-order valence-corrected chi connectivity index (χ0v) is 12.5. The molecule has 0 bridgehead atoms. The molecule has 0 saturated carbocycles. The first-order valence-corrected chi connectivity index (χ1v) is 6.75. The Morgan fingerprint density at radius 3 is 2.25 bits per heavy atom. The molecule has 20 heavy (non-hydrogen) atoms. The number of rotatable bonds is 3. The molecule has 0 aliphatic rings. The Balaban J connectivity index is 2.36. The molecule has 2 aromatic carbocycles. The van der Waals surface area contributed by atoms with Crippen LogP contribution in [0.3, 0.4) is 0 Å². The average Bonchev–Trinajstić information content (AvgIpc) is 2.42. The van der Waals surface area contributed by atoms with Crippen LogP contribution in [0.5, 0.6) is 0 Å². The maximum absolute atomic E-state index is 11.6. The second-order valence-corrected chi connectivity index (χ2v) is 5.25. The van der Waals surface area contributed by atoms with Gasteiger partial charge in [0, 0.05) is 0 Å². The van der Waals surface area contributed by atoms with E-state index >= 15 is 0 Å². The summed E-state index contributed by atoms with van der Waals surface area (Å²) in [6.07, 6.45) is 0.890. The van der Waals surface area contributed by atoms with Gasteiger partial charge in [-0.2, -0.15) is 0 Å². The first-order chi connectivity index (χ1) is 9.51. The van der Waals surface area contributed by atoms with Crippen molar-refractivity contribution in [2.45, 2.75) is 27.2 Å². The van der Waals surface area contributed by atoms with Crippen molar-refractivity contribution in [3.05, 3.63) is 69.8 Å². The van der Waals surface area contributed by atoms with Gasteiger partial charge in [-0.15, -0.1) is 0 Å². The average molecular weight is 268 g/mol. The third-order valence-electron chi connectivity index (χ3n) is 3.58. The lowest BCUT2D eigenvalue weighted by molar-refractivity contribution is 0.0600. The highest BCUT2D eigenvalue weighted by Gasteiger charge is 2.11. The summed E-state index contributed by atoms with van der Waals surface area (Å²) in [5.41, 5.74) is 6.73. The van der Waals surface area contributed by atoms with E-state index in [-0.39, 0.29) is 5.97 Å². The van der Waals surface area contributed by atoms with Gasteiger partial charge in [-0.3, -0.25) is 0 Å². The molecule has 0 radical (unpaired) electrons. The van der Waals surface area contributed by atoms with Crippen molar-refractivity contribution in [1.29, 1.82) is 0 Å². The predicted molar refractivity (Wildman–Crippen MR) is 81.2 cm³/mol. The molecule has 0 aromatic heterocycles. The lowest BCUT2D eigenvalue weighted by atomic mass is 9.93. The van der Waals surface area contributed by atoms with Crippen LogP contribution in [-0.4, -0.2) is 13.1 Å². The summed E-state index contributed by atoms with van der Waals surface area (Å²) in [6.45, 7) is 6.19. The largest absolute Gasteiger partial charge is 0.465 e. The van der Waals surface area contributed by atoms with E-state index in [0.29, 0.717) is 5.56 Å². The number of carbonyl (C=O) groups excluding carboxylic acids is 1. The van der Waals surface area contributed by atoms with Crippen molar-refractivity contribution in [3.8, 4) is 0 Å². The van der Waals surface area contributed by atoms with Crippen LogP contribution in [0.25, 0.3) is 0 Å². The van der Waals surface area contributed by atoms with E-state index in [2.05, 4.69) is 31.2 Å². The Hall–Kier alpha value is -2.09. The van der Waals surface area contributed by atoms with Crippen LogP contribution in [0, 0.1) is 20.8 Å². The molecule has 104 valence electrons. The minimum absolute atomic E-state index is 0.279. The van der Waals surface area contributed by atoms with Crippen LogP contribution in [0.4, 0.5) is 0 Å². The van der Waals surface area contributed by atoms with Crippen LogP contribution < -0.4 is 0 Å². The number of aryl methyl sites for hydroxylation is 3. The van der Waals surface area contributed by atoms with Crippen LogP contribution in [0.1, 0.15) is 38.2 Å². The summed E-state index contributed by atoms with van der Waals surface area (Å²) < 4.78 is 4.78. The Kier molecular flexibility index (Phi) is 4.23. The molecule has 0 N–H and O–H groups in total. The van der Waals surface area contributed by atoms with Crippen molar-refractivity contribution in [1.82, 2.24) is 0 Å². The van der Waals surface area contributed by atoms with Gasteiger partial charge in [-0.05, 0) is 61.6 Å². The highest BCUT2D eigenvalue weighted by Crippen LogP contribution is 2.21. The van der Waals surface area contributed by atoms with Gasteiger partial charge in [0.05, 0.1) is 12.7 Å². The number of hydrogen-bond donors (Lipinski definition) is 0. The van der Waals surface area contributed by atoms with Gasteiger partial charge < -0.3 is 4.74 Å². The zero-order valence-electron chi connectivity index (χ0n) is 12.5. The van der Waals surface area contributed by atoms with Crippen LogP contribution >= 0.6 is 0 Å². The number of ether oxygens (including phenoxy) is 1. The summed E-state index contributed by atoms with van der Waals surface area (Å²) in [7, 11) is 1.41. The lowest BCUT2D eigenvalue weighted by Gasteiger charge is -2.12. The summed E-state index contributed by atoms with van der Waals surface area (Å²) in [6, 6.07) is 12.3. The van der Waals surface area contributed by atoms with E-state index in [0.717, 1.165) is 17.5 Å². The third kappa shape index (κ3) is 3.08. The second kappa shape index (κ2) is 5.91. The molecule has 2 nitrogen and oxygen atoms in total. The van der Waals surface area contributed by atoms with Gasteiger partial charge in [0.15, 0.2) is 0 Å². The normalized spacial score (nSPS) is 10.4. The fourth-order valence-corrected chi connectivity index (χ4v) is 2.53. The number of methoxy groups -OCH3 is 1. The molecule has 0 spiro atoms. The summed E-state index contributed by atoms with van der Waals surface area (Å²) in [5.74, 6) is -0.279. The fraction of sp³-hybridized carbons (Fsp3) is 0.278. The van der Waals surface area contributed by atoms with Crippen molar-refractivity contribution >= 4 is 5.97 Å². The van der Waals surface area contributed by atoms with Crippen molar-refractivity contribution in [3.63, 3.8) is 0 Å². The number of benzene rings is 2. The van der Waals surface area contributed by atoms with Gasteiger partial charge >= 0.3 is 5.97 Å². The van der Waals surface area contributed by atoms with Crippen LogP contribution in [-0.2, 0) is 11.2 Å². The molecule has 0 unspecified atom stereocenters. The second-order valence-electron chi connectivity index (χ2n) is 5.25. The van der Waals surface area contributed by atoms with Gasteiger partial charge in [-0.1, -0.05) is 29.8 Å². The van der Waals surface area contributed by atoms with E-state index in [1.54, 1.807) is 0 Å². The number of hydrogen-bond acceptors (Lipinski definition) is 2. The van der Waals surface area contributed by atoms with E-state index in [1.165, 1.54) is 23.8 Å². The molecule has 0 atom stereocenters. The molecule has 2 rings (SSSR count). The van der Waals surface area contributed by atoms with E-state index in [9.17, 15) is 4.79 Å². The Labute approximate surface area is 120 Å². The maximum atomic E-state index is 11.6. The van der Waals surface area contributed by atoms with Crippen LogP contribution in [0.15, 0.2) is 36.4 Å². The van der Waals surface area contributed by atoms with Gasteiger partial charge in [0.1, 0.15) is 0 Å². The Morgan fingerprint density at radius 2 is 1.70 bits per heavy atom. The minimum Gasteiger partial charge on any atom is -0.465 e. The minimum atomic E-state index is -0.279. The molecular weight excluding hydrogens is 248 g/mol. The first kappa shape index (κ1) is 14.3. The Bertz CT molecular complexity index is 619. The lowest BCUT2D eigenvalue weighted by Crippen LogP contribution is -2.05. The van der Waals surface area contributed by atoms with Crippen molar-refractivity contribution in [2.75, 3.05) is 7.11 Å². The molecule has 0 amide bonds. The predicted octanol–water partition coefficient (Wildman–Crippen LogP) is 3.99. The quantitative estimate of drug-likeness (QED) is 0.787. The standard InChI is InChI=1S/C18H20O2/c1-12-6-5-7-15(8-12)11-17-13(2)9-16(10-14(17)3)18(19)20-4/h5-10H,11H2,1-4H3. The SMILES string of the molecule is COC(=O)c1cc(C)c(Cc2cccc(C)c2)c(C)c1. The molecule has 0 fully saturated rings. The van der Waals surface area contributed by atoms with Crippen molar-refractivity contribution in [2.24, 2.45) is 0 Å². The summed E-state index contributed by atoms with van der Waals surface area (Å²) >= 11 is 0. The van der Waals surface area contributed by atoms with Gasteiger partial charge in [0.2, 0.25) is 0 Å². The highest BCUT2D eigenvalue weighted by atomic mass is 16.5. The zero-order chi connectivity index (χ0) is 14.7. The highest BCUT2D eigenvalue weighted by molar-refractivity contribution is 5.90. The van der Waals surface area contributed by atoms with Gasteiger partial charge in [-0.25, -0.2) is 4.79 Å². The summed E-state index contributed by atoms with van der Waals surface area (Å²) in [4.78, 5) is 11.6. The maximum Gasteiger partial charge on any atom is 0.337 e. The third-order valence-corrected chi connectivity index (χ3v) is 3.58. The molecule has 0 aliphatic heterocycles. The van der Waals surface area contributed by atoms with E-state index in [4.69, 9.17) is 4.74 Å². The van der Waals surface area contributed by atoms with E-state index < -0.39 is 0 Å². The monoisotopic (exact) mass is 268 g/mol. The molecule has 0 aliphatic carbocycles. The van der Waals surface area contributed by atoms with Crippen molar-refractivity contribution < 1.29 is 9.53 Å². The topological polar surface area (TPSA) is 26.3 Å². The molecule has 0 heterocycles. The smallest absolute Gasteiger partial charge is 0.337 e. The molecule has 2 aromatic rings. The fourth-order valence-electron chi connectivity index (χ4n) is 2.53. The number of carbonyl (C=O) groups is 1. The van der Waals surface area contributed by atoms with Gasteiger partial charge in [0.25, 0.3) is 0 Å². The van der Waals surface area contributed by atoms with Crippen LogP contribution in [0.2, 0.25) is 0 Å². The number of esters is 1. The first-order valence-electron chi connectivity index (χ1n) is 6.75. The molecular formula is C18H20O2. The Morgan fingerprint density at radius 1 is 1.05 bits per heavy atom. The van der Waals surface area contributed by atoms with E-state index in [1.807, 2.05) is 26.0 Å².